The molecule has 0 bridgehead atoms. The molecule has 216 valence electrons. The van der Waals surface area contributed by atoms with Crippen molar-refractivity contribution in [2.45, 2.75) is 142 Å². The van der Waals surface area contributed by atoms with E-state index in [1.807, 2.05) is 0 Å². The van der Waals surface area contributed by atoms with Gasteiger partial charge in [0.15, 0.2) is 0 Å². The van der Waals surface area contributed by atoms with Crippen LogP contribution in [0.2, 0.25) is 0 Å². The second kappa shape index (κ2) is 24.2. The lowest BCUT2D eigenvalue weighted by Gasteiger charge is -2.18. The van der Waals surface area contributed by atoms with Crippen molar-refractivity contribution < 1.29 is 34.1 Å². The fraction of sp³-hybridized carbons (Fsp3) is 0.857. The Balaban J connectivity index is 4.10. The first-order chi connectivity index (χ1) is 17.8. The SMILES string of the molecule is CCCCCCCCCCC(=O)OC(CCCCC)CCCCCC(=O)NCC(=O)NC(CO)C(=O)O. The van der Waals surface area contributed by atoms with Gasteiger partial charge in [-0.05, 0) is 38.5 Å². The number of hydrogen-bond acceptors (Lipinski definition) is 6. The van der Waals surface area contributed by atoms with Crippen molar-refractivity contribution in [1.82, 2.24) is 10.6 Å². The molecule has 0 saturated heterocycles. The summed E-state index contributed by atoms with van der Waals surface area (Å²) in [6.07, 6.45) is 17.5. The predicted molar refractivity (Wildman–Crippen MR) is 144 cm³/mol. The highest BCUT2D eigenvalue weighted by molar-refractivity contribution is 5.87. The molecular formula is C28H52N2O7. The topological polar surface area (TPSA) is 142 Å². The summed E-state index contributed by atoms with van der Waals surface area (Å²) in [5.74, 6) is -2.40. The van der Waals surface area contributed by atoms with E-state index >= 15 is 0 Å². The third-order valence-corrected chi connectivity index (χ3v) is 6.35. The molecule has 9 nitrogen and oxygen atoms in total. The van der Waals surface area contributed by atoms with E-state index in [2.05, 4.69) is 24.5 Å². The van der Waals surface area contributed by atoms with Gasteiger partial charge in [0.1, 0.15) is 12.1 Å². The molecule has 0 fully saturated rings. The van der Waals surface area contributed by atoms with E-state index in [0.29, 0.717) is 12.8 Å². The summed E-state index contributed by atoms with van der Waals surface area (Å²) in [5.41, 5.74) is 0. The molecule has 2 amide bonds. The molecule has 0 rings (SSSR count). The summed E-state index contributed by atoms with van der Waals surface area (Å²) in [7, 11) is 0. The minimum Gasteiger partial charge on any atom is -0.480 e. The van der Waals surface area contributed by atoms with Crippen LogP contribution in [0.25, 0.3) is 0 Å². The zero-order chi connectivity index (χ0) is 27.7. The smallest absolute Gasteiger partial charge is 0.328 e. The van der Waals surface area contributed by atoms with E-state index in [9.17, 15) is 19.2 Å². The van der Waals surface area contributed by atoms with Crippen LogP contribution < -0.4 is 10.6 Å². The van der Waals surface area contributed by atoms with Gasteiger partial charge in [0.2, 0.25) is 11.8 Å². The number of aliphatic carboxylic acids is 1. The van der Waals surface area contributed by atoms with Crippen LogP contribution in [-0.4, -0.2) is 59.3 Å². The maximum atomic E-state index is 12.3. The number of rotatable bonds is 25. The van der Waals surface area contributed by atoms with E-state index < -0.39 is 24.5 Å². The van der Waals surface area contributed by atoms with Gasteiger partial charge < -0.3 is 25.6 Å². The number of nitrogens with one attached hydrogen (secondary N) is 2. The lowest BCUT2D eigenvalue weighted by molar-refractivity contribution is -0.150. The Morgan fingerprint density at radius 3 is 1.81 bits per heavy atom. The van der Waals surface area contributed by atoms with Crippen LogP contribution in [0.15, 0.2) is 0 Å². The third-order valence-electron chi connectivity index (χ3n) is 6.35. The maximum absolute atomic E-state index is 12.3. The normalized spacial score (nSPS) is 12.5. The largest absolute Gasteiger partial charge is 0.480 e. The molecule has 0 spiro atoms. The maximum Gasteiger partial charge on any atom is 0.328 e. The van der Waals surface area contributed by atoms with Gasteiger partial charge in [-0.3, -0.25) is 14.4 Å². The van der Waals surface area contributed by atoms with Crippen LogP contribution in [0.5, 0.6) is 0 Å². The summed E-state index contributed by atoms with van der Waals surface area (Å²) in [6.45, 7) is 3.31. The van der Waals surface area contributed by atoms with Gasteiger partial charge in [-0.1, -0.05) is 78.1 Å². The van der Waals surface area contributed by atoms with Crippen LogP contribution in [0.1, 0.15) is 129 Å². The zero-order valence-corrected chi connectivity index (χ0v) is 23.2. The molecule has 4 N–H and O–H groups in total. The number of esters is 1. The Kier molecular flexibility index (Phi) is 22.8. The second-order valence-corrected chi connectivity index (χ2v) is 9.85. The summed E-state index contributed by atoms with van der Waals surface area (Å²) < 4.78 is 5.78. The minimum absolute atomic E-state index is 0.0701. The molecular weight excluding hydrogens is 476 g/mol. The lowest BCUT2D eigenvalue weighted by atomic mass is 10.0. The average Bonchev–Trinajstić information content (AvgIpc) is 2.87. The fourth-order valence-corrected chi connectivity index (χ4v) is 4.06. The molecule has 0 aromatic heterocycles. The van der Waals surface area contributed by atoms with Crippen molar-refractivity contribution in [3.8, 4) is 0 Å². The Morgan fingerprint density at radius 1 is 0.703 bits per heavy atom. The van der Waals surface area contributed by atoms with Crippen LogP contribution in [-0.2, 0) is 23.9 Å². The van der Waals surface area contributed by atoms with Gasteiger partial charge in [-0.25, -0.2) is 4.79 Å². The number of carbonyl (C=O) groups is 4. The summed E-state index contributed by atoms with van der Waals surface area (Å²) in [5, 5.41) is 22.3. The standard InChI is InChI=1S/C28H52N2O7/c1-3-5-7-8-9-10-11-16-20-27(34)37-23(17-13-6-4-2)18-14-12-15-19-25(32)29-21-26(33)30-24(22-31)28(35)36/h23-24,31H,3-22H2,1-2H3,(H,29,32)(H,30,33)(H,35,36). The fourth-order valence-electron chi connectivity index (χ4n) is 4.06. The van der Waals surface area contributed by atoms with Gasteiger partial charge in [0, 0.05) is 12.8 Å². The first kappa shape index (κ1) is 34.8. The minimum atomic E-state index is -1.39. The van der Waals surface area contributed by atoms with Crippen LogP contribution in [0.4, 0.5) is 0 Å². The zero-order valence-electron chi connectivity index (χ0n) is 23.2. The number of ether oxygens (including phenoxy) is 1. The number of aliphatic hydroxyl groups excluding tert-OH is 1. The number of carbonyl (C=O) groups excluding carboxylic acids is 3. The first-order valence-corrected chi connectivity index (χ1v) is 14.4. The Morgan fingerprint density at radius 2 is 1.22 bits per heavy atom. The lowest BCUT2D eigenvalue weighted by Crippen LogP contribution is -2.47. The van der Waals surface area contributed by atoms with Crippen molar-refractivity contribution in [3.05, 3.63) is 0 Å². The Bertz CT molecular complexity index is 628. The molecule has 0 radical (unpaired) electrons. The molecule has 9 heteroatoms. The van der Waals surface area contributed by atoms with Crippen molar-refractivity contribution in [1.29, 1.82) is 0 Å². The number of aliphatic hydroxyl groups is 1. The van der Waals surface area contributed by atoms with E-state index in [4.69, 9.17) is 14.9 Å². The molecule has 37 heavy (non-hydrogen) atoms. The quantitative estimate of drug-likeness (QED) is 0.0999. The van der Waals surface area contributed by atoms with E-state index in [-0.39, 0.29) is 30.9 Å². The molecule has 0 aliphatic heterocycles. The highest BCUT2D eigenvalue weighted by Gasteiger charge is 2.19. The van der Waals surface area contributed by atoms with E-state index in [0.717, 1.165) is 57.8 Å². The van der Waals surface area contributed by atoms with Crippen LogP contribution in [0, 0.1) is 0 Å². The van der Waals surface area contributed by atoms with Gasteiger partial charge >= 0.3 is 11.9 Å². The van der Waals surface area contributed by atoms with Crippen molar-refractivity contribution >= 4 is 23.8 Å². The number of carboxylic acid groups (broad SMARTS) is 1. The monoisotopic (exact) mass is 528 g/mol. The number of unbranched alkanes of at least 4 members (excludes halogenated alkanes) is 11. The average molecular weight is 529 g/mol. The van der Waals surface area contributed by atoms with Crippen molar-refractivity contribution in [2.75, 3.05) is 13.2 Å². The van der Waals surface area contributed by atoms with E-state index in [1.54, 1.807) is 0 Å². The molecule has 2 atom stereocenters. The van der Waals surface area contributed by atoms with Gasteiger partial charge in [0.05, 0.1) is 13.2 Å². The molecule has 2 unspecified atom stereocenters. The molecule has 0 aromatic rings. The number of amides is 2. The molecule has 0 aliphatic rings. The summed E-state index contributed by atoms with van der Waals surface area (Å²) >= 11 is 0. The number of hydrogen-bond donors (Lipinski definition) is 4. The molecule has 0 aliphatic carbocycles. The summed E-state index contributed by atoms with van der Waals surface area (Å²) in [4.78, 5) is 46.8. The first-order valence-electron chi connectivity index (χ1n) is 14.4. The van der Waals surface area contributed by atoms with Crippen molar-refractivity contribution in [2.24, 2.45) is 0 Å². The predicted octanol–water partition coefficient (Wildman–Crippen LogP) is 4.64. The highest BCUT2D eigenvalue weighted by atomic mass is 16.5. The van der Waals surface area contributed by atoms with Gasteiger partial charge in [0.25, 0.3) is 0 Å². The van der Waals surface area contributed by atoms with Crippen LogP contribution >= 0.6 is 0 Å². The Hall–Kier alpha value is -2.16. The molecule has 0 heterocycles. The summed E-state index contributed by atoms with van der Waals surface area (Å²) in [6, 6.07) is -1.39. The van der Waals surface area contributed by atoms with Crippen LogP contribution in [0.3, 0.4) is 0 Å². The molecule has 0 saturated carbocycles. The van der Waals surface area contributed by atoms with Gasteiger partial charge in [-0.2, -0.15) is 0 Å². The highest BCUT2D eigenvalue weighted by Crippen LogP contribution is 2.17. The van der Waals surface area contributed by atoms with Gasteiger partial charge in [-0.15, -0.1) is 0 Å². The van der Waals surface area contributed by atoms with Crippen molar-refractivity contribution in [3.63, 3.8) is 0 Å². The third kappa shape index (κ3) is 21.6. The van der Waals surface area contributed by atoms with E-state index in [1.165, 1.54) is 38.5 Å². The molecule has 0 aromatic carbocycles. The second-order valence-electron chi connectivity index (χ2n) is 9.85. The number of carboxylic acids is 1. The Labute approximate surface area is 223 Å².